The van der Waals surface area contributed by atoms with E-state index >= 15 is 0 Å². The van der Waals surface area contributed by atoms with Crippen molar-refractivity contribution in [3.8, 4) is 0 Å². The average molecular weight is 227 g/mol. The third kappa shape index (κ3) is 2.59. The van der Waals surface area contributed by atoms with Crippen molar-refractivity contribution in [3.05, 3.63) is 34.9 Å². The first kappa shape index (κ1) is 13.1. The van der Waals surface area contributed by atoms with E-state index in [1.807, 2.05) is 20.8 Å². The van der Waals surface area contributed by atoms with Gasteiger partial charge in [0.2, 0.25) is 0 Å². The molecule has 1 aromatic rings. The van der Waals surface area contributed by atoms with Crippen molar-refractivity contribution in [1.29, 1.82) is 0 Å². The van der Waals surface area contributed by atoms with Gasteiger partial charge < -0.3 is 5.73 Å². The van der Waals surface area contributed by atoms with E-state index < -0.39 is 17.0 Å². The average Bonchev–Trinajstić information content (AvgIpc) is 2.09. The SMILES string of the molecule is Cc1ccc(F)c(C(C)(C)CC(C)N)c1F. The minimum Gasteiger partial charge on any atom is -0.328 e. The van der Waals surface area contributed by atoms with Crippen LogP contribution in [0.15, 0.2) is 12.1 Å². The van der Waals surface area contributed by atoms with Gasteiger partial charge in [-0.05, 0) is 37.3 Å². The normalized spacial score (nSPS) is 13.9. The number of hydrogen-bond donors (Lipinski definition) is 1. The summed E-state index contributed by atoms with van der Waals surface area (Å²) in [5, 5.41) is 0. The first-order valence-corrected chi connectivity index (χ1v) is 5.46. The van der Waals surface area contributed by atoms with Gasteiger partial charge in [0.1, 0.15) is 11.6 Å². The van der Waals surface area contributed by atoms with Crippen LogP contribution >= 0.6 is 0 Å². The Hall–Kier alpha value is -0.960. The summed E-state index contributed by atoms with van der Waals surface area (Å²) in [4.78, 5) is 0. The molecule has 0 aromatic heterocycles. The van der Waals surface area contributed by atoms with Crippen LogP contribution in [0.2, 0.25) is 0 Å². The Balaban J connectivity index is 3.26. The Morgan fingerprint density at radius 1 is 1.31 bits per heavy atom. The molecule has 0 saturated heterocycles. The third-order valence-electron chi connectivity index (χ3n) is 2.79. The molecule has 3 heteroatoms. The summed E-state index contributed by atoms with van der Waals surface area (Å²) in [6.07, 6.45) is 0.546. The van der Waals surface area contributed by atoms with Crippen molar-refractivity contribution in [1.82, 2.24) is 0 Å². The van der Waals surface area contributed by atoms with E-state index in [0.29, 0.717) is 12.0 Å². The highest BCUT2D eigenvalue weighted by molar-refractivity contribution is 5.32. The Bertz CT molecular complexity index is 384. The van der Waals surface area contributed by atoms with Gasteiger partial charge in [-0.15, -0.1) is 0 Å². The van der Waals surface area contributed by atoms with Gasteiger partial charge in [0.25, 0.3) is 0 Å². The Morgan fingerprint density at radius 2 is 1.88 bits per heavy atom. The molecule has 0 saturated carbocycles. The van der Waals surface area contributed by atoms with Crippen LogP contribution in [0, 0.1) is 18.6 Å². The van der Waals surface area contributed by atoms with Crippen LogP contribution in [-0.4, -0.2) is 6.04 Å². The minimum absolute atomic E-state index is 0.0886. The predicted octanol–water partition coefficient (Wildman–Crippen LogP) is 3.29. The van der Waals surface area contributed by atoms with Crippen LogP contribution < -0.4 is 5.73 Å². The first-order chi connectivity index (χ1) is 7.25. The molecule has 0 radical (unpaired) electrons. The van der Waals surface area contributed by atoms with Gasteiger partial charge in [0.05, 0.1) is 0 Å². The van der Waals surface area contributed by atoms with E-state index in [-0.39, 0.29) is 11.6 Å². The van der Waals surface area contributed by atoms with Crippen molar-refractivity contribution >= 4 is 0 Å². The standard InChI is InChI=1S/C13H19F2N/c1-8-5-6-10(14)11(12(8)15)13(3,4)7-9(2)16/h5-6,9H,7,16H2,1-4H3. The summed E-state index contributed by atoms with van der Waals surface area (Å²) in [5.74, 6) is -0.945. The highest BCUT2D eigenvalue weighted by atomic mass is 19.1. The fourth-order valence-electron chi connectivity index (χ4n) is 2.18. The molecule has 0 fully saturated rings. The minimum atomic E-state index is -0.589. The molecule has 1 nitrogen and oxygen atoms in total. The summed E-state index contributed by atoms with van der Waals surface area (Å²) in [6, 6.07) is 2.68. The van der Waals surface area contributed by atoms with E-state index in [2.05, 4.69) is 0 Å². The smallest absolute Gasteiger partial charge is 0.132 e. The topological polar surface area (TPSA) is 26.0 Å². The maximum atomic E-state index is 13.9. The number of benzene rings is 1. The highest BCUT2D eigenvalue weighted by Gasteiger charge is 2.29. The molecule has 90 valence electrons. The second-order valence-corrected chi connectivity index (χ2v) is 5.12. The second kappa shape index (κ2) is 4.50. The lowest BCUT2D eigenvalue weighted by Gasteiger charge is -2.28. The zero-order chi connectivity index (χ0) is 12.5. The fourth-order valence-corrected chi connectivity index (χ4v) is 2.18. The lowest BCUT2D eigenvalue weighted by Crippen LogP contribution is -2.30. The zero-order valence-corrected chi connectivity index (χ0v) is 10.3. The van der Waals surface area contributed by atoms with Gasteiger partial charge in [0.15, 0.2) is 0 Å². The Labute approximate surface area is 95.7 Å². The summed E-state index contributed by atoms with van der Waals surface area (Å²) in [5.41, 5.74) is 5.73. The van der Waals surface area contributed by atoms with E-state index in [1.165, 1.54) is 12.1 Å². The first-order valence-electron chi connectivity index (χ1n) is 5.46. The number of halogens is 2. The Kier molecular flexibility index (Phi) is 3.68. The maximum absolute atomic E-state index is 13.9. The lowest BCUT2D eigenvalue weighted by molar-refractivity contribution is 0.393. The van der Waals surface area contributed by atoms with Crippen molar-refractivity contribution < 1.29 is 8.78 Å². The predicted molar refractivity (Wildman–Crippen MR) is 62.4 cm³/mol. The van der Waals surface area contributed by atoms with Gasteiger partial charge in [-0.2, -0.15) is 0 Å². The molecule has 0 heterocycles. The number of aryl methyl sites for hydroxylation is 1. The highest BCUT2D eigenvalue weighted by Crippen LogP contribution is 2.33. The van der Waals surface area contributed by atoms with Crippen molar-refractivity contribution in [2.24, 2.45) is 5.73 Å². The van der Waals surface area contributed by atoms with Crippen LogP contribution in [0.3, 0.4) is 0 Å². The van der Waals surface area contributed by atoms with Gasteiger partial charge in [0, 0.05) is 11.6 Å². The lowest BCUT2D eigenvalue weighted by atomic mass is 9.78. The molecule has 1 unspecified atom stereocenters. The Morgan fingerprint density at radius 3 is 2.38 bits per heavy atom. The molecule has 0 aliphatic heterocycles. The number of hydrogen-bond acceptors (Lipinski definition) is 1. The van der Waals surface area contributed by atoms with Crippen molar-refractivity contribution in [2.75, 3.05) is 0 Å². The third-order valence-corrected chi connectivity index (χ3v) is 2.79. The molecular weight excluding hydrogens is 208 g/mol. The van der Waals surface area contributed by atoms with Gasteiger partial charge >= 0.3 is 0 Å². The molecule has 0 aliphatic rings. The summed E-state index contributed by atoms with van der Waals surface area (Å²) in [7, 11) is 0. The summed E-state index contributed by atoms with van der Waals surface area (Å²) in [6.45, 7) is 7.11. The second-order valence-electron chi connectivity index (χ2n) is 5.12. The fraction of sp³-hybridized carbons (Fsp3) is 0.538. The van der Waals surface area contributed by atoms with Gasteiger partial charge in [-0.3, -0.25) is 0 Å². The molecule has 16 heavy (non-hydrogen) atoms. The molecule has 0 amide bonds. The maximum Gasteiger partial charge on any atom is 0.132 e. The monoisotopic (exact) mass is 227 g/mol. The molecule has 1 aromatic carbocycles. The molecule has 2 N–H and O–H groups in total. The van der Waals surface area contributed by atoms with Crippen LogP contribution in [0.1, 0.15) is 38.3 Å². The molecule has 1 atom stereocenters. The van der Waals surface area contributed by atoms with E-state index in [9.17, 15) is 8.78 Å². The largest absolute Gasteiger partial charge is 0.328 e. The van der Waals surface area contributed by atoms with Crippen LogP contribution in [0.4, 0.5) is 8.78 Å². The van der Waals surface area contributed by atoms with Crippen molar-refractivity contribution in [2.45, 2.75) is 45.6 Å². The molecule has 0 bridgehead atoms. The molecule has 0 spiro atoms. The van der Waals surface area contributed by atoms with Gasteiger partial charge in [-0.1, -0.05) is 19.9 Å². The number of rotatable bonds is 3. The van der Waals surface area contributed by atoms with E-state index in [4.69, 9.17) is 5.73 Å². The van der Waals surface area contributed by atoms with E-state index in [0.717, 1.165) is 0 Å². The van der Waals surface area contributed by atoms with E-state index in [1.54, 1.807) is 6.92 Å². The summed E-state index contributed by atoms with van der Waals surface area (Å²) < 4.78 is 27.6. The molecule has 1 rings (SSSR count). The number of nitrogens with two attached hydrogens (primary N) is 1. The van der Waals surface area contributed by atoms with Crippen molar-refractivity contribution in [3.63, 3.8) is 0 Å². The quantitative estimate of drug-likeness (QED) is 0.842. The zero-order valence-electron chi connectivity index (χ0n) is 10.3. The van der Waals surface area contributed by atoms with Crippen LogP contribution in [-0.2, 0) is 5.41 Å². The molecular formula is C13H19F2N. The molecule has 0 aliphatic carbocycles. The van der Waals surface area contributed by atoms with Crippen LogP contribution in [0.25, 0.3) is 0 Å². The van der Waals surface area contributed by atoms with Crippen LogP contribution in [0.5, 0.6) is 0 Å². The van der Waals surface area contributed by atoms with Gasteiger partial charge in [-0.25, -0.2) is 8.78 Å². The summed E-state index contributed by atoms with van der Waals surface area (Å²) >= 11 is 0.